The normalized spacial score (nSPS) is 17.9. The minimum Gasteiger partial charge on any atom is -0.313 e. The second-order valence-electron chi connectivity index (χ2n) is 4.70. The van der Waals surface area contributed by atoms with Gasteiger partial charge in [0.15, 0.2) is 0 Å². The minimum absolute atomic E-state index is 0.123. The van der Waals surface area contributed by atoms with Crippen molar-refractivity contribution in [1.82, 2.24) is 15.0 Å². The molecule has 102 valence electrons. The summed E-state index contributed by atoms with van der Waals surface area (Å²) in [5, 5.41) is 4.01. The lowest BCUT2D eigenvalue weighted by Crippen LogP contribution is -2.34. The number of rotatable bonds is 7. The highest BCUT2D eigenvalue weighted by Crippen LogP contribution is 2.20. The summed E-state index contributed by atoms with van der Waals surface area (Å²) < 4.78 is 26.4. The summed E-state index contributed by atoms with van der Waals surface area (Å²) >= 11 is 1.52. The van der Waals surface area contributed by atoms with Gasteiger partial charge in [0.1, 0.15) is 5.01 Å². The standard InChI is InChI=1S/C11H19N3O2S2/c1-8-7-13-11(17-8)9(2)14-18(15,16)6-5-12-10-3-4-10/h7,9-10,12,14H,3-6H2,1-2H3. The molecule has 1 aromatic rings. The third-order valence-electron chi connectivity index (χ3n) is 2.75. The molecule has 7 heteroatoms. The van der Waals surface area contributed by atoms with Gasteiger partial charge in [-0.15, -0.1) is 11.3 Å². The van der Waals surface area contributed by atoms with E-state index in [0.717, 1.165) is 9.88 Å². The highest BCUT2D eigenvalue weighted by molar-refractivity contribution is 7.89. The molecule has 0 amide bonds. The Balaban J connectivity index is 1.82. The van der Waals surface area contributed by atoms with Crippen LogP contribution in [0.15, 0.2) is 6.20 Å². The van der Waals surface area contributed by atoms with Crippen molar-refractivity contribution >= 4 is 21.4 Å². The van der Waals surface area contributed by atoms with Crippen molar-refractivity contribution < 1.29 is 8.42 Å². The molecule has 0 radical (unpaired) electrons. The predicted molar refractivity (Wildman–Crippen MR) is 73.2 cm³/mol. The van der Waals surface area contributed by atoms with Crippen LogP contribution >= 0.6 is 11.3 Å². The van der Waals surface area contributed by atoms with Gasteiger partial charge in [0.05, 0.1) is 11.8 Å². The molecule has 1 aromatic heterocycles. The molecule has 1 saturated carbocycles. The van der Waals surface area contributed by atoms with E-state index in [0.29, 0.717) is 12.6 Å². The molecule has 1 aliphatic rings. The number of nitrogens with one attached hydrogen (secondary N) is 2. The molecular formula is C11H19N3O2S2. The first-order valence-electron chi connectivity index (χ1n) is 6.12. The molecule has 18 heavy (non-hydrogen) atoms. The fraction of sp³-hybridized carbons (Fsp3) is 0.727. The second-order valence-corrected chi connectivity index (χ2v) is 7.84. The van der Waals surface area contributed by atoms with Crippen molar-refractivity contribution in [1.29, 1.82) is 0 Å². The highest BCUT2D eigenvalue weighted by atomic mass is 32.2. The maximum Gasteiger partial charge on any atom is 0.213 e. The van der Waals surface area contributed by atoms with Crippen molar-refractivity contribution in [2.45, 2.75) is 38.8 Å². The first-order valence-corrected chi connectivity index (χ1v) is 8.59. The third kappa shape index (κ3) is 4.31. The molecule has 1 heterocycles. The van der Waals surface area contributed by atoms with Crippen LogP contribution in [-0.4, -0.2) is 31.7 Å². The molecule has 1 atom stereocenters. The van der Waals surface area contributed by atoms with Crippen LogP contribution in [0.1, 0.15) is 35.7 Å². The van der Waals surface area contributed by atoms with Crippen LogP contribution in [-0.2, 0) is 10.0 Å². The zero-order valence-corrected chi connectivity index (χ0v) is 12.3. The SMILES string of the molecule is Cc1cnc(C(C)NS(=O)(=O)CCNC2CC2)s1. The van der Waals surface area contributed by atoms with Gasteiger partial charge in [-0.3, -0.25) is 0 Å². The first-order chi connectivity index (χ1) is 8.46. The molecule has 0 spiro atoms. The van der Waals surface area contributed by atoms with Gasteiger partial charge < -0.3 is 5.32 Å². The minimum atomic E-state index is -3.23. The molecule has 1 aliphatic carbocycles. The number of hydrogen-bond donors (Lipinski definition) is 2. The fourth-order valence-electron chi connectivity index (χ4n) is 1.64. The topological polar surface area (TPSA) is 71.1 Å². The maximum absolute atomic E-state index is 11.8. The molecule has 2 N–H and O–H groups in total. The summed E-state index contributed by atoms with van der Waals surface area (Å²) in [5.74, 6) is 0.123. The van der Waals surface area contributed by atoms with Gasteiger partial charge in [0, 0.05) is 23.7 Å². The second kappa shape index (κ2) is 5.64. The van der Waals surface area contributed by atoms with E-state index in [-0.39, 0.29) is 11.8 Å². The van der Waals surface area contributed by atoms with Gasteiger partial charge in [0.2, 0.25) is 10.0 Å². The smallest absolute Gasteiger partial charge is 0.213 e. The number of nitrogens with zero attached hydrogens (tertiary/aromatic N) is 1. The molecule has 1 unspecified atom stereocenters. The molecule has 2 rings (SSSR count). The summed E-state index contributed by atoms with van der Waals surface area (Å²) in [7, 11) is -3.23. The first kappa shape index (κ1) is 13.9. The monoisotopic (exact) mass is 289 g/mol. The number of aryl methyl sites for hydroxylation is 1. The molecule has 1 fully saturated rings. The lowest BCUT2D eigenvalue weighted by atomic mass is 10.4. The van der Waals surface area contributed by atoms with E-state index in [1.807, 2.05) is 13.8 Å². The van der Waals surface area contributed by atoms with E-state index >= 15 is 0 Å². The van der Waals surface area contributed by atoms with Crippen LogP contribution in [0.4, 0.5) is 0 Å². The summed E-state index contributed by atoms with van der Waals surface area (Å²) in [6, 6.07) is 0.286. The average Bonchev–Trinajstić information content (AvgIpc) is 2.98. The molecule has 0 aliphatic heterocycles. The largest absolute Gasteiger partial charge is 0.313 e. The number of thiazole rings is 1. The lowest BCUT2D eigenvalue weighted by Gasteiger charge is -2.12. The van der Waals surface area contributed by atoms with Gasteiger partial charge in [-0.05, 0) is 26.7 Å². The van der Waals surface area contributed by atoms with E-state index in [2.05, 4.69) is 15.0 Å². The van der Waals surface area contributed by atoms with Gasteiger partial charge in [0.25, 0.3) is 0 Å². The zero-order chi connectivity index (χ0) is 13.2. The van der Waals surface area contributed by atoms with Crippen molar-refractivity contribution in [2.24, 2.45) is 0 Å². The quantitative estimate of drug-likeness (QED) is 0.791. The van der Waals surface area contributed by atoms with Crippen LogP contribution in [0.25, 0.3) is 0 Å². The molecule has 0 aromatic carbocycles. The van der Waals surface area contributed by atoms with Crippen LogP contribution < -0.4 is 10.0 Å². The number of hydrogen-bond acceptors (Lipinski definition) is 5. The average molecular weight is 289 g/mol. The zero-order valence-electron chi connectivity index (χ0n) is 10.6. The Hall–Kier alpha value is -0.500. The lowest BCUT2D eigenvalue weighted by molar-refractivity contribution is 0.562. The van der Waals surface area contributed by atoms with Crippen molar-refractivity contribution in [3.8, 4) is 0 Å². The van der Waals surface area contributed by atoms with E-state index in [1.165, 1.54) is 24.2 Å². The van der Waals surface area contributed by atoms with Crippen LogP contribution in [0, 0.1) is 6.92 Å². The van der Waals surface area contributed by atoms with E-state index in [9.17, 15) is 8.42 Å². The van der Waals surface area contributed by atoms with Crippen LogP contribution in [0.2, 0.25) is 0 Å². The Kier molecular flexibility index (Phi) is 4.37. The Bertz CT molecular complexity index is 494. The van der Waals surface area contributed by atoms with Gasteiger partial charge in [-0.25, -0.2) is 18.1 Å². The number of sulfonamides is 1. The summed E-state index contributed by atoms with van der Waals surface area (Å²) in [6.07, 6.45) is 4.10. The summed E-state index contributed by atoms with van der Waals surface area (Å²) in [5.41, 5.74) is 0. The molecule has 0 saturated heterocycles. The molecule has 0 bridgehead atoms. The Labute approximate surface area is 112 Å². The van der Waals surface area contributed by atoms with Crippen LogP contribution in [0.3, 0.4) is 0 Å². The number of aromatic nitrogens is 1. The van der Waals surface area contributed by atoms with Gasteiger partial charge >= 0.3 is 0 Å². The predicted octanol–water partition coefficient (Wildman–Crippen LogP) is 1.18. The van der Waals surface area contributed by atoms with E-state index in [4.69, 9.17) is 0 Å². The summed E-state index contributed by atoms with van der Waals surface area (Å²) in [6.45, 7) is 4.30. The van der Waals surface area contributed by atoms with Crippen LogP contribution in [0.5, 0.6) is 0 Å². The van der Waals surface area contributed by atoms with Gasteiger partial charge in [-0.1, -0.05) is 0 Å². The van der Waals surface area contributed by atoms with E-state index < -0.39 is 10.0 Å². The van der Waals surface area contributed by atoms with Crippen molar-refractivity contribution in [3.63, 3.8) is 0 Å². The molecular weight excluding hydrogens is 270 g/mol. The fourth-order valence-corrected chi connectivity index (χ4v) is 3.64. The maximum atomic E-state index is 11.8. The van der Waals surface area contributed by atoms with Crippen molar-refractivity contribution in [2.75, 3.05) is 12.3 Å². The van der Waals surface area contributed by atoms with E-state index in [1.54, 1.807) is 6.20 Å². The third-order valence-corrected chi connectivity index (χ3v) is 5.30. The highest BCUT2D eigenvalue weighted by Gasteiger charge is 2.22. The molecule has 5 nitrogen and oxygen atoms in total. The Morgan fingerprint density at radius 3 is 2.83 bits per heavy atom. The van der Waals surface area contributed by atoms with Crippen molar-refractivity contribution in [3.05, 3.63) is 16.1 Å². The Morgan fingerprint density at radius 1 is 1.56 bits per heavy atom. The summed E-state index contributed by atoms with van der Waals surface area (Å²) in [4.78, 5) is 5.28. The van der Waals surface area contributed by atoms with Gasteiger partial charge in [-0.2, -0.15) is 0 Å². The Morgan fingerprint density at radius 2 is 2.28 bits per heavy atom.